The zero-order valence-electron chi connectivity index (χ0n) is 25.7. The standard InChI is InChI=1S/C24H28F3N3O3.C4H6O4/c1-14-11-20(32-4)30-22-18(29-15(2)7-6-10-28)13-19(31-3)23(21(14)22)33-17-9-5-8-16(12-17)24(25,26)27;5-3(6)1-2-4(7)8/h5,8-9,11-13,15,29H,6-7,10,28H2,1-4H3;1-2H2,(H,5,6)(H,7,8)/i4D3;. The molecule has 0 aliphatic carbocycles. The minimum Gasteiger partial charge on any atom is -0.493 e. The lowest BCUT2D eigenvalue weighted by Gasteiger charge is -2.21. The molecule has 0 aliphatic heterocycles. The van der Waals surface area contributed by atoms with Gasteiger partial charge >= 0.3 is 18.1 Å². The second-order valence-corrected chi connectivity index (χ2v) is 8.95. The van der Waals surface area contributed by atoms with E-state index in [0.29, 0.717) is 28.7 Å². The third-order valence-electron chi connectivity index (χ3n) is 5.68. The summed E-state index contributed by atoms with van der Waals surface area (Å²) in [6, 6.07) is 7.49. The Hall–Kier alpha value is -4.26. The van der Waals surface area contributed by atoms with E-state index in [1.54, 1.807) is 13.0 Å². The molecule has 13 heteroatoms. The summed E-state index contributed by atoms with van der Waals surface area (Å²) in [6.45, 7) is 4.17. The van der Waals surface area contributed by atoms with Crippen LogP contribution < -0.4 is 25.3 Å². The first-order chi connectivity index (χ1) is 20.4. The Bertz CT molecular complexity index is 1440. The Balaban J connectivity index is 0.000000742. The van der Waals surface area contributed by atoms with E-state index in [2.05, 4.69) is 10.3 Å². The number of methoxy groups -OCH3 is 2. The largest absolute Gasteiger partial charge is 0.493 e. The van der Waals surface area contributed by atoms with Crippen LogP contribution in [0.1, 0.15) is 47.8 Å². The van der Waals surface area contributed by atoms with Gasteiger partial charge in [0.15, 0.2) is 11.5 Å². The van der Waals surface area contributed by atoms with Gasteiger partial charge < -0.3 is 35.5 Å². The molecule has 0 aliphatic rings. The molecule has 1 unspecified atom stereocenters. The number of hydrogen-bond donors (Lipinski definition) is 4. The number of aromatic nitrogens is 1. The molecular weight excluding hydrogens is 547 g/mol. The number of halogens is 3. The molecule has 0 saturated carbocycles. The second-order valence-electron chi connectivity index (χ2n) is 8.95. The molecule has 1 aromatic heterocycles. The number of carbonyl (C=O) groups is 2. The van der Waals surface area contributed by atoms with Crippen LogP contribution in [0.15, 0.2) is 36.4 Å². The number of fused-ring (bicyclic) bond motifs is 1. The third kappa shape index (κ3) is 9.71. The van der Waals surface area contributed by atoms with Gasteiger partial charge in [0.05, 0.1) is 47.7 Å². The monoisotopic (exact) mass is 584 g/mol. The first-order valence-corrected chi connectivity index (χ1v) is 12.4. The van der Waals surface area contributed by atoms with Gasteiger partial charge in [0.1, 0.15) is 11.3 Å². The summed E-state index contributed by atoms with van der Waals surface area (Å²) >= 11 is 0. The van der Waals surface area contributed by atoms with Crippen molar-refractivity contribution in [1.29, 1.82) is 0 Å². The number of aryl methyl sites for hydroxylation is 1. The number of rotatable bonds is 12. The van der Waals surface area contributed by atoms with Crippen LogP contribution in [0.2, 0.25) is 0 Å². The number of pyridine rings is 1. The first-order valence-electron chi connectivity index (χ1n) is 13.9. The van der Waals surface area contributed by atoms with Crippen molar-refractivity contribution in [1.82, 2.24) is 4.98 Å². The van der Waals surface area contributed by atoms with Gasteiger partial charge in [-0.25, -0.2) is 4.98 Å². The molecule has 1 heterocycles. The average molecular weight is 585 g/mol. The number of hydrogen-bond acceptors (Lipinski definition) is 8. The maximum atomic E-state index is 13.2. The summed E-state index contributed by atoms with van der Waals surface area (Å²) in [4.78, 5) is 23.7. The zero-order chi connectivity index (χ0) is 33.2. The number of carboxylic acid groups (broad SMARTS) is 2. The van der Waals surface area contributed by atoms with E-state index in [4.69, 9.17) is 34.3 Å². The van der Waals surface area contributed by atoms with Crippen molar-refractivity contribution in [2.75, 3.05) is 26.0 Å². The molecule has 0 radical (unpaired) electrons. The van der Waals surface area contributed by atoms with Crippen LogP contribution in [0.5, 0.6) is 23.1 Å². The maximum absolute atomic E-state index is 13.2. The molecule has 0 fully saturated rings. The van der Waals surface area contributed by atoms with Crippen LogP contribution in [-0.2, 0) is 15.8 Å². The number of anilines is 1. The molecule has 0 spiro atoms. The lowest BCUT2D eigenvalue weighted by molar-refractivity contribution is -0.143. The van der Waals surface area contributed by atoms with E-state index in [-0.39, 0.29) is 42.0 Å². The fraction of sp³-hybridized carbons (Fsp3) is 0.393. The molecule has 41 heavy (non-hydrogen) atoms. The van der Waals surface area contributed by atoms with Crippen LogP contribution >= 0.6 is 0 Å². The van der Waals surface area contributed by atoms with Crippen LogP contribution in [0.4, 0.5) is 18.9 Å². The molecular formula is C28H34F3N3O7. The van der Waals surface area contributed by atoms with Gasteiger partial charge in [-0.05, 0) is 57.0 Å². The predicted octanol–water partition coefficient (Wildman–Crippen LogP) is 5.85. The van der Waals surface area contributed by atoms with Crippen molar-refractivity contribution in [2.24, 2.45) is 5.73 Å². The maximum Gasteiger partial charge on any atom is 0.416 e. The van der Waals surface area contributed by atoms with Gasteiger partial charge in [-0.3, -0.25) is 9.59 Å². The lowest BCUT2D eigenvalue weighted by Crippen LogP contribution is -2.17. The number of benzene rings is 2. The Morgan fingerprint density at radius 1 is 1.15 bits per heavy atom. The Kier molecular flexibility index (Phi) is 10.3. The van der Waals surface area contributed by atoms with Crippen LogP contribution in [0.3, 0.4) is 0 Å². The Labute approximate surface area is 239 Å². The van der Waals surface area contributed by atoms with Crippen molar-refractivity contribution in [3.63, 3.8) is 0 Å². The van der Waals surface area contributed by atoms with Gasteiger partial charge in [0, 0.05) is 18.2 Å². The molecule has 2 aromatic carbocycles. The highest BCUT2D eigenvalue weighted by atomic mass is 19.4. The van der Waals surface area contributed by atoms with Crippen molar-refractivity contribution < 1.29 is 51.3 Å². The number of nitrogens with one attached hydrogen (secondary N) is 1. The number of alkyl halides is 3. The molecule has 1 atom stereocenters. The summed E-state index contributed by atoms with van der Waals surface area (Å²) in [6.07, 6.45) is -3.60. The van der Waals surface area contributed by atoms with E-state index in [1.165, 1.54) is 25.3 Å². The van der Waals surface area contributed by atoms with E-state index in [0.717, 1.165) is 25.0 Å². The lowest BCUT2D eigenvalue weighted by atomic mass is 10.1. The second kappa shape index (κ2) is 14.9. The topological polar surface area (TPSA) is 153 Å². The van der Waals surface area contributed by atoms with E-state index >= 15 is 0 Å². The average Bonchev–Trinajstić information content (AvgIpc) is 2.91. The van der Waals surface area contributed by atoms with Gasteiger partial charge in [-0.1, -0.05) is 6.07 Å². The van der Waals surface area contributed by atoms with E-state index in [1.807, 2.05) is 6.92 Å². The van der Waals surface area contributed by atoms with Gasteiger partial charge in [0.2, 0.25) is 5.88 Å². The summed E-state index contributed by atoms with van der Waals surface area (Å²) < 4.78 is 78.5. The number of aliphatic carboxylic acids is 2. The molecule has 0 amide bonds. The summed E-state index contributed by atoms with van der Waals surface area (Å²) in [5.74, 6) is -1.95. The highest BCUT2D eigenvalue weighted by molar-refractivity contribution is 6.00. The first kappa shape index (κ1) is 28.3. The van der Waals surface area contributed by atoms with Crippen molar-refractivity contribution in [3.05, 3.63) is 47.5 Å². The van der Waals surface area contributed by atoms with Crippen molar-refractivity contribution >= 4 is 28.5 Å². The fourth-order valence-corrected chi connectivity index (χ4v) is 3.76. The third-order valence-corrected chi connectivity index (χ3v) is 5.68. The summed E-state index contributed by atoms with van der Waals surface area (Å²) in [5, 5.41) is 19.6. The minimum absolute atomic E-state index is 0.0222. The summed E-state index contributed by atoms with van der Waals surface area (Å²) in [7, 11) is -1.31. The number of nitrogens with two attached hydrogens (primary N) is 1. The molecule has 0 bridgehead atoms. The number of nitrogens with zero attached hydrogens (tertiary/aromatic N) is 1. The van der Waals surface area contributed by atoms with Crippen LogP contribution in [0.25, 0.3) is 10.9 Å². The van der Waals surface area contributed by atoms with Gasteiger partial charge in [-0.15, -0.1) is 0 Å². The fourth-order valence-electron chi connectivity index (χ4n) is 3.76. The number of ether oxygens (including phenoxy) is 3. The van der Waals surface area contributed by atoms with Gasteiger partial charge in [0.25, 0.3) is 0 Å². The van der Waals surface area contributed by atoms with Crippen molar-refractivity contribution in [3.8, 4) is 23.1 Å². The molecule has 3 rings (SSSR count). The van der Waals surface area contributed by atoms with E-state index < -0.39 is 30.7 Å². The molecule has 10 nitrogen and oxygen atoms in total. The molecule has 0 saturated heterocycles. The SMILES string of the molecule is O=C(O)CCC(=O)O.[2H]C([2H])([2H])Oc1cc(C)c2c(Oc3cccc(C(F)(F)F)c3)c(OC)cc(NC(C)CCCN)c2n1. The Morgan fingerprint density at radius 3 is 2.39 bits per heavy atom. The zero-order valence-corrected chi connectivity index (χ0v) is 22.7. The van der Waals surface area contributed by atoms with E-state index in [9.17, 15) is 22.8 Å². The highest BCUT2D eigenvalue weighted by Crippen LogP contribution is 2.45. The molecule has 224 valence electrons. The quantitative estimate of drug-likeness (QED) is 0.204. The smallest absolute Gasteiger partial charge is 0.416 e. The Morgan fingerprint density at radius 2 is 1.83 bits per heavy atom. The normalized spacial score (nSPS) is 13.1. The number of carboxylic acids is 2. The van der Waals surface area contributed by atoms with Crippen LogP contribution in [-0.4, -0.2) is 53.9 Å². The molecule has 3 aromatic rings. The van der Waals surface area contributed by atoms with Gasteiger partial charge in [-0.2, -0.15) is 13.2 Å². The predicted molar refractivity (Wildman–Crippen MR) is 147 cm³/mol. The summed E-state index contributed by atoms with van der Waals surface area (Å²) in [5.41, 5.74) is 6.11. The highest BCUT2D eigenvalue weighted by Gasteiger charge is 2.31. The van der Waals surface area contributed by atoms with Crippen LogP contribution in [0, 0.1) is 6.92 Å². The van der Waals surface area contributed by atoms with Crippen molar-refractivity contribution in [2.45, 2.75) is 51.7 Å². The molecule has 5 N–H and O–H groups in total. The minimum atomic E-state index is -4.54.